The van der Waals surface area contributed by atoms with Crippen LogP contribution < -0.4 is 14.2 Å². The van der Waals surface area contributed by atoms with Crippen molar-refractivity contribution in [2.24, 2.45) is 0 Å². The first kappa shape index (κ1) is 15.7. The van der Waals surface area contributed by atoms with E-state index < -0.39 is 0 Å². The zero-order valence-corrected chi connectivity index (χ0v) is 14.1. The van der Waals surface area contributed by atoms with E-state index in [1.807, 2.05) is 30.3 Å². The Labute approximate surface area is 146 Å². The third-order valence-corrected chi connectivity index (χ3v) is 4.49. The molecule has 5 nitrogen and oxygen atoms in total. The maximum absolute atomic E-state index is 11.5. The van der Waals surface area contributed by atoms with Gasteiger partial charge in [-0.1, -0.05) is 12.1 Å². The Bertz CT molecular complexity index is 840. The highest BCUT2D eigenvalue weighted by Gasteiger charge is 2.23. The summed E-state index contributed by atoms with van der Waals surface area (Å²) in [5.74, 6) is 2.38. The van der Waals surface area contributed by atoms with E-state index in [1.54, 1.807) is 13.2 Å². The number of fused-ring (bicyclic) bond motifs is 1. The molecule has 4 rings (SSSR count). The van der Waals surface area contributed by atoms with Crippen molar-refractivity contribution < 1.29 is 19.0 Å². The first-order chi connectivity index (χ1) is 12.2. The number of methoxy groups -OCH3 is 1. The van der Waals surface area contributed by atoms with Crippen LogP contribution >= 0.6 is 0 Å². The average molecular weight is 337 g/mol. The number of ether oxygens (including phenoxy) is 3. The van der Waals surface area contributed by atoms with E-state index in [0.29, 0.717) is 25.5 Å². The molecular formula is C20H19NO4. The Morgan fingerprint density at radius 3 is 2.72 bits per heavy atom. The second-order valence-electron chi connectivity index (χ2n) is 6.16. The van der Waals surface area contributed by atoms with Crippen LogP contribution in [0.25, 0.3) is 5.57 Å². The van der Waals surface area contributed by atoms with E-state index in [4.69, 9.17) is 14.2 Å². The molecule has 2 aliphatic rings. The molecule has 1 aliphatic heterocycles. The highest BCUT2D eigenvalue weighted by Crippen LogP contribution is 2.36. The topological polar surface area (TPSA) is 57.7 Å². The Morgan fingerprint density at radius 2 is 2.00 bits per heavy atom. The van der Waals surface area contributed by atoms with Gasteiger partial charge < -0.3 is 14.2 Å². The number of ketones is 1. The molecule has 1 aliphatic carbocycles. The van der Waals surface area contributed by atoms with E-state index in [9.17, 15) is 4.79 Å². The number of allylic oxidation sites excluding steroid dienone is 2. The number of nitrogens with zero attached hydrogens (tertiary/aromatic N) is 1. The van der Waals surface area contributed by atoms with Gasteiger partial charge in [-0.3, -0.25) is 4.79 Å². The Kier molecular flexibility index (Phi) is 4.14. The lowest BCUT2D eigenvalue weighted by molar-refractivity contribution is -0.114. The maximum atomic E-state index is 11.5. The Morgan fingerprint density at radius 1 is 1.16 bits per heavy atom. The summed E-state index contributed by atoms with van der Waals surface area (Å²) in [6, 6.07) is 9.68. The first-order valence-corrected chi connectivity index (χ1v) is 8.39. The maximum Gasteiger partial charge on any atom is 0.221 e. The molecule has 0 saturated carbocycles. The predicted octanol–water partition coefficient (Wildman–Crippen LogP) is 3.35. The van der Waals surface area contributed by atoms with Gasteiger partial charge in [0.15, 0.2) is 5.78 Å². The minimum Gasteiger partial charge on any atom is -0.497 e. The van der Waals surface area contributed by atoms with Crippen molar-refractivity contribution in [3.63, 3.8) is 0 Å². The SMILES string of the molecule is COc1ccc(COc2nc(C3=CC(=O)CC3)cc3c2CCO3)cc1. The van der Waals surface area contributed by atoms with Crippen LogP contribution in [0.4, 0.5) is 0 Å². The number of hydrogen-bond acceptors (Lipinski definition) is 5. The molecule has 25 heavy (non-hydrogen) atoms. The molecule has 0 radical (unpaired) electrons. The van der Waals surface area contributed by atoms with Crippen molar-refractivity contribution in [3.8, 4) is 17.4 Å². The monoisotopic (exact) mass is 337 g/mol. The minimum absolute atomic E-state index is 0.152. The smallest absolute Gasteiger partial charge is 0.221 e. The normalized spacial score (nSPS) is 15.6. The third kappa shape index (κ3) is 3.22. The summed E-state index contributed by atoms with van der Waals surface area (Å²) in [4.78, 5) is 16.2. The molecule has 0 saturated heterocycles. The molecule has 1 aromatic heterocycles. The standard InChI is InChI=1S/C20H19NO4/c1-23-16-6-2-13(3-7-16)12-25-20-17-8-9-24-19(17)11-18(21-20)14-4-5-15(22)10-14/h2-3,6-7,10-11H,4-5,8-9,12H2,1H3. The number of carbonyl (C=O) groups is 1. The number of aromatic nitrogens is 1. The molecule has 0 fully saturated rings. The van der Waals surface area contributed by atoms with Gasteiger partial charge in [-0.25, -0.2) is 4.98 Å². The van der Waals surface area contributed by atoms with E-state index in [0.717, 1.165) is 46.7 Å². The van der Waals surface area contributed by atoms with E-state index in [2.05, 4.69) is 4.98 Å². The fourth-order valence-corrected chi connectivity index (χ4v) is 3.10. The lowest BCUT2D eigenvalue weighted by Crippen LogP contribution is -2.02. The van der Waals surface area contributed by atoms with Crippen LogP contribution in [0.2, 0.25) is 0 Å². The van der Waals surface area contributed by atoms with E-state index >= 15 is 0 Å². The molecule has 0 atom stereocenters. The quantitative estimate of drug-likeness (QED) is 0.837. The van der Waals surface area contributed by atoms with Crippen molar-refractivity contribution in [2.45, 2.75) is 25.9 Å². The van der Waals surface area contributed by atoms with Gasteiger partial charge in [0.1, 0.15) is 18.1 Å². The van der Waals surface area contributed by atoms with Crippen molar-refractivity contribution in [3.05, 3.63) is 53.2 Å². The lowest BCUT2D eigenvalue weighted by atomic mass is 10.1. The van der Waals surface area contributed by atoms with Crippen LogP contribution in [0.15, 0.2) is 36.4 Å². The average Bonchev–Trinajstić information content (AvgIpc) is 3.28. The van der Waals surface area contributed by atoms with Crippen molar-refractivity contribution in [1.29, 1.82) is 0 Å². The molecule has 128 valence electrons. The fourth-order valence-electron chi connectivity index (χ4n) is 3.10. The summed E-state index contributed by atoms with van der Waals surface area (Å²) in [6.07, 6.45) is 3.75. The second kappa shape index (κ2) is 6.59. The van der Waals surface area contributed by atoms with Gasteiger partial charge in [0.05, 0.1) is 25.0 Å². The van der Waals surface area contributed by atoms with Gasteiger partial charge >= 0.3 is 0 Å². The van der Waals surface area contributed by atoms with Crippen LogP contribution in [0.3, 0.4) is 0 Å². The van der Waals surface area contributed by atoms with Gasteiger partial charge in [0.25, 0.3) is 0 Å². The largest absolute Gasteiger partial charge is 0.497 e. The number of hydrogen-bond donors (Lipinski definition) is 0. The summed E-state index contributed by atoms with van der Waals surface area (Å²) in [5.41, 5.74) is 3.77. The van der Waals surface area contributed by atoms with Gasteiger partial charge in [0.2, 0.25) is 5.88 Å². The third-order valence-electron chi connectivity index (χ3n) is 4.49. The van der Waals surface area contributed by atoms with Gasteiger partial charge in [-0.2, -0.15) is 0 Å². The number of pyridine rings is 1. The summed E-state index contributed by atoms with van der Waals surface area (Å²) < 4.78 is 16.9. The number of carbonyl (C=O) groups excluding carboxylic acids is 1. The van der Waals surface area contributed by atoms with Crippen molar-refractivity contribution in [2.75, 3.05) is 13.7 Å². The second-order valence-corrected chi connectivity index (χ2v) is 6.16. The predicted molar refractivity (Wildman–Crippen MR) is 93.0 cm³/mol. The van der Waals surface area contributed by atoms with Gasteiger partial charge in [-0.15, -0.1) is 0 Å². The van der Waals surface area contributed by atoms with E-state index in [1.165, 1.54) is 0 Å². The Balaban J connectivity index is 1.58. The highest BCUT2D eigenvalue weighted by molar-refractivity contribution is 6.01. The zero-order valence-electron chi connectivity index (χ0n) is 14.1. The van der Waals surface area contributed by atoms with Crippen LogP contribution in [-0.2, 0) is 17.8 Å². The molecule has 5 heteroatoms. The van der Waals surface area contributed by atoms with Crippen LogP contribution in [-0.4, -0.2) is 24.5 Å². The highest BCUT2D eigenvalue weighted by atomic mass is 16.5. The minimum atomic E-state index is 0.152. The summed E-state index contributed by atoms with van der Waals surface area (Å²) in [6.45, 7) is 1.06. The summed E-state index contributed by atoms with van der Waals surface area (Å²) in [7, 11) is 1.65. The molecule has 0 bridgehead atoms. The number of benzene rings is 1. The molecule has 0 N–H and O–H groups in total. The lowest BCUT2D eigenvalue weighted by Gasteiger charge is -2.12. The molecule has 2 aromatic rings. The van der Waals surface area contributed by atoms with Gasteiger partial charge in [0, 0.05) is 18.9 Å². The van der Waals surface area contributed by atoms with Gasteiger partial charge in [-0.05, 0) is 35.8 Å². The van der Waals surface area contributed by atoms with Crippen LogP contribution in [0.1, 0.15) is 29.7 Å². The van der Waals surface area contributed by atoms with Crippen LogP contribution in [0, 0.1) is 0 Å². The van der Waals surface area contributed by atoms with Crippen LogP contribution in [0.5, 0.6) is 17.4 Å². The number of rotatable bonds is 5. The van der Waals surface area contributed by atoms with Crippen molar-refractivity contribution >= 4 is 11.4 Å². The molecule has 1 aromatic carbocycles. The fraction of sp³-hybridized carbons (Fsp3) is 0.300. The molecule has 0 unspecified atom stereocenters. The first-order valence-electron chi connectivity index (χ1n) is 8.39. The Hall–Kier alpha value is -2.82. The molecule has 2 heterocycles. The molecule has 0 amide bonds. The molecular weight excluding hydrogens is 318 g/mol. The molecule has 0 spiro atoms. The zero-order chi connectivity index (χ0) is 17.2. The summed E-state index contributed by atoms with van der Waals surface area (Å²) >= 11 is 0. The summed E-state index contributed by atoms with van der Waals surface area (Å²) in [5, 5.41) is 0. The van der Waals surface area contributed by atoms with Crippen molar-refractivity contribution in [1.82, 2.24) is 4.98 Å². The van der Waals surface area contributed by atoms with E-state index in [-0.39, 0.29) is 5.78 Å².